The number of rotatable bonds is 3. The van der Waals surface area contributed by atoms with Gasteiger partial charge in [-0.2, -0.15) is 5.10 Å². The molecule has 0 unspecified atom stereocenters. The van der Waals surface area contributed by atoms with Crippen molar-refractivity contribution in [3.63, 3.8) is 0 Å². The molecule has 0 amide bonds. The predicted molar refractivity (Wildman–Crippen MR) is 77.2 cm³/mol. The zero-order chi connectivity index (χ0) is 13.9. The van der Waals surface area contributed by atoms with Gasteiger partial charge in [0.25, 0.3) is 0 Å². The van der Waals surface area contributed by atoms with Gasteiger partial charge in [-0.05, 0) is 37.5 Å². The molecule has 0 bridgehead atoms. The van der Waals surface area contributed by atoms with Gasteiger partial charge in [-0.3, -0.25) is 5.10 Å². The summed E-state index contributed by atoms with van der Waals surface area (Å²) in [7, 11) is 0. The first-order valence-corrected chi connectivity index (χ1v) is 7.24. The summed E-state index contributed by atoms with van der Waals surface area (Å²) in [5.41, 5.74) is 1.42. The second-order valence-corrected chi connectivity index (χ2v) is 5.17. The maximum absolute atomic E-state index is 14.3. The van der Waals surface area contributed by atoms with Crippen LogP contribution >= 0.6 is 0 Å². The number of nitrogens with zero attached hydrogens (tertiary/aromatic N) is 3. The van der Waals surface area contributed by atoms with Gasteiger partial charge in [-0.1, -0.05) is 6.92 Å². The minimum Gasteiger partial charge on any atom is -0.371 e. The average Bonchev–Trinajstić information content (AvgIpc) is 2.97. The summed E-state index contributed by atoms with van der Waals surface area (Å²) < 4.78 is 14.3. The lowest BCUT2D eigenvalue weighted by Gasteiger charge is -2.28. The summed E-state index contributed by atoms with van der Waals surface area (Å²) in [4.78, 5) is 6.52. The number of benzene rings is 1. The summed E-state index contributed by atoms with van der Waals surface area (Å²) in [5.74, 6) is 0.957. The van der Waals surface area contributed by atoms with Gasteiger partial charge >= 0.3 is 0 Å². The van der Waals surface area contributed by atoms with E-state index in [9.17, 15) is 4.39 Å². The molecule has 5 heteroatoms. The molecule has 0 saturated carbocycles. The number of H-pyrrole nitrogens is 1. The van der Waals surface area contributed by atoms with Crippen LogP contribution in [-0.4, -0.2) is 28.3 Å². The van der Waals surface area contributed by atoms with E-state index in [0.29, 0.717) is 11.4 Å². The smallest absolute Gasteiger partial charge is 0.184 e. The van der Waals surface area contributed by atoms with Crippen molar-refractivity contribution in [3.8, 4) is 11.4 Å². The minimum absolute atomic E-state index is 0.255. The number of halogens is 1. The number of aryl methyl sites for hydroxylation is 1. The van der Waals surface area contributed by atoms with E-state index in [0.717, 1.165) is 31.0 Å². The van der Waals surface area contributed by atoms with E-state index in [4.69, 9.17) is 0 Å². The molecule has 106 valence electrons. The Balaban J connectivity index is 1.86. The molecule has 0 atom stereocenters. The van der Waals surface area contributed by atoms with Crippen LogP contribution in [0.2, 0.25) is 0 Å². The van der Waals surface area contributed by atoms with E-state index in [-0.39, 0.29) is 5.82 Å². The van der Waals surface area contributed by atoms with E-state index in [2.05, 4.69) is 20.1 Å². The van der Waals surface area contributed by atoms with E-state index in [1.807, 2.05) is 13.0 Å². The van der Waals surface area contributed by atoms with E-state index in [1.54, 1.807) is 12.1 Å². The Morgan fingerprint density at radius 3 is 2.70 bits per heavy atom. The van der Waals surface area contributed by atoms with Crippen molar-refractivity contribution < 1.29 is 4.39 Å². The fourth-order valence-corrected chi connectivity index (χ4v) is 2.61. The summed E-state index contributed by atoms with van der Waals surface area (Å²) in [5, 5.41) is 6.89. The van der Waals surface area contributed by atoms with Crippen LogP contribution in [0.25, 0.3) is 11.4 Å². The van der Waals surface area contributed by atoms with Crippen molar-refractivity contribution in [1.29, 1.82) is 0 Å². The molecule has 1 N–H and O–H groups in total. The fraction of sp³-hybridized carbons (Fsp3) is 0.467. The second-order valence-electron chi connectivity index (χ2n) is 5.17. The highest BCUT2D eigenvalue weighted by atomic mass is 19.1. The Morgan fingerprint density at radius 1 is 1.25 bits per heavy atom. The van der Waals surface area contributed by atoms with Gasteiger partial charge in [-0.15, -0.1) is 0 Å². The largest absolute Gasteiger partial charge is 0.371 e. The molecular weight excluding hydrogens is 255 g/mol. The molecule has 0 radical (unpaired) electrons. The van der Waals surface area contributed by atoms with Gasteiger partial charge in [0.15, 0.2) is 5.82 Å². The van der Waals surface area contributed by atoms with Gasteiger partial charge in [-0.25, -0.2) is 9.37 Å². The zero-order valence-corrected chi connectivity index (χ0v) is 11.7. The molecule has 1 aromatic heterocycles. The molecule has 0 spiro atoms. The highest BCUT2D eigenvalue weighted by molar-refractivity contribution is 5.61. The van der Waals surface area contributed by atoms with Crippen molar-refractivity contribution in [3.05, 3.63) is 29.8 Å². The van der Waals surface area contributed by atoms with Crippen molar-refractivity contribution in [2.75, 3.05) is 18.0 Å². The Labute approximate surface area is 118 Å². The monoisotopic (exact) mass is 274 g/mol. The molecule has 1 aliphatic heterocycles. The minimum atomic E-state index is -0.255. The van der Waals surface area contributed by atoms with Crippen LogP contribution in [0.4, 0.5) is 10.1 Å². The van der Waals surface area contributed by atoms with Crippen LogP contribution in [0, 0.1) is 5.82 Å². The molecule has 3 rings (SSSR count). The van der Waals surface area contributed by atoms with Crippen LogP contribution in [0.3, 0.4) is 0 Å². The lowest BCUT2D eigenvalue weighted by molar-refractivity contribution is 0.574. The first kappa shape index (κ1) is 13.1. The molecule has 4 nitrogen and oxygen atoms in total. The van der Waals surface area contributed by atoms with E-state index >= 15 is 0 Å². The molecular formula is C15H19FN4. The Hall–Kier alpha value is -1.91. The van der Waals surface area contributed by atoms with E-state index < -0.39 is 0 Å². The molecule has 20 heavy (non-hydrogen) atoms. The van der Waals surface area contributed by atoms with Gasteiger partial charge < -0.3 is 4.90 Å². The number of aromatic amines is 1. The topological polar surface area (TPSA) is 44.8 Å². The third-order valence-electron chi connectivity index (χ3n) is 3.78. The molecule has 1 aromatic carbocycles. The van der Waals surface area contributed by atoms with Crippen molar-refractivity contribution in [1.82, 2.24) is 15.2 Å². The maximum atomic E-state index is 14.3. The van der Waals surface area contributed by atoms with Gasteiger partial charge in [0, 0.05) is 25.2 Å². The standard InChI is InChI=1S/C15H19FN4/c1-2-14-17-15(19-18-14)12-7-6-11(10-13(12)16)20-8-4-3-5-9-20/h6-7,10H,2-5,8-9H2,1H3,(H,17,18,19). The fourth-order valence-electron chi connectivity index (χ4n) is 2.61. The molecule has 1 saturated heterocycles. The van der Waals surface area contributed by atoms with Gasteiger partial charge in [0.1, 0.15) is 11.6 Å². The molecule has 1 aliphatic rings. The number of hydrogen-bond donors (Lipinski definition) is 1. The zero-order valence-electron chi connectivity index (χ0n) is 11.7. The third-order valence-corrected chi connectivity index (χ3v) is 3.78. The maximum Gasteiger partial charge on any atom is 0.184 e. The van der Waals surface area contributed by atoms with Crippen LogP contribution in [0.1, 0.15) is 32.0 Å². The Bertz CT molecular complexity index is 587. The Kier molecular flexibility index (Phi) is 3.67. The summed E-state index contributed by atoms with van der Waals surface area (Å²) >= 11 is 0. The van der Waals surface area contributed by atoms with Gasteiger partial charge in [0.05, 0.1) is 5.56 Å². The Morgan fingerprint density at radius 2 is 2.05 bits per heavy atom. The average molecular weight is 274 g/mol. The van der Waals surface area contributed by atoms with Gasteiger partial charge in [0.2, 0.25) is 0 Å². The van der Waals surface area contributed by atoms with E-state index in [1.165, 1.54) is 19.3 Å². The quantitative estimate of drug-likeness (QED) is 0.935. The lowest BCUT2D eigenvalue weighted by Crippen LogP contribution is -2.29. The molecule has 1 fully saturated rings. The normalized spacial score (nSPS) is 15.6. The molecule has 2 aromatic rings. The van der Waals surface area contributed by atoms with Crippen LogP contribution in [0.15, 0.2) is 18.2 Å². The first-order chi connectivity index (χ1) is 9.78. The number of nitrogens with one attached hydrogen (secondary N) is 1. The van der Waals surface area contributed by atoms with Crippen molar-refractivity contribution in [2.45, 2.75) is 32.6 Å². The third kappa shape index (κ3) is 2.53. The van der Waals surface area contributed by atoms with Crippen LogP contribution in [-0.2, 0) is 6.42 Å². The molecule has 0 aliphatic carbocycles. The summed E-state index contributed by atoms with van der Waals surface area (Å²) in [6.45, 7) is 4.01. The SMILES string of the molecule is CCc1nc(-c2ccc(N3CCCCC3)cc2F)n[nH]1. The number of anilines is 1. The first-order valence-electron chi connectivity index (χ1n) is 7.24. The summed E-state index contributed by atoms with van der Waals surface area (Å²) in [6.07, 6.45) is 4.41. The number of piperidine rings is 1. The predicted octanol–water partition coefficient (Wildman–Crippen LogP) is 3.16. The van der Waals surface area contributed by atoms with Crippen LogP contribution in [0.5, 0.6) is 0 Å². The van der Waals surface area contributed by atoms with Crippen LogP contribution < -0.4 is 4.90 Å². The second kappa shape index (κ2) is 5.61. The number of aromatic nitrogens is 3. The lowest BCUT2D eigenvalue weighted by atomic mass is 10.1. The highest BCUT2D eigenvalue weighted by Crippen LogP contribution is 2.26. The van der Waals surface area contributed by atoms with Crippen molar-refractivity contribution >= 4 is 5.69 Å². The highest BCUT2D eigenvalue weighted by Gasteiger charge is 2.15. The molecule has 2 heterocycles. The summed E-state index contributed by atoms with van der Waals surface area (Å²) in [6, 6.07) is 5.34. The number of hydrogen-bond acceptors (Lipinski definition) is 3. The van der Waals surface area contributed by atoms with Crippen molar-refractivity contribution in [2.24, 2.45) is 0 Å².